The summed E-state index contributed by atoms with van der Waals surface area (Å²) in [6.07, 6.45) is -9.48. The number of aromatic carboxylic acids is 1. The average molecular weight is 584 g/mol. The maximum atomic E-state index is 13.7. The van der Waals surface area contributed by atoms with Gasteiger partial charge in [0.25, 0.3) is 0 Å². The summed E-state index contributed by atoms with van der Waals surface area (Å²) < 4.78 is 85.8. The Balaban J connectivity index is 1.36. The number of alkyl halides is 6. The van der Waals surface area contributed by atoms with Crippen molar-refractivity contribution < 1.29 is 41.0 Å². The molecule has 0 spiro atoms. The number of carboxylic acids is 1. The Bertz CT molecular complexity index is 1730. The van der Waals surface area contributed by atoms with Crippen LogP contribution in [0, 0.1) is 0 Å². The zero-order valence-corrected chi connectivity index (χ0v) is 21.2. The Morgan fingerprint density at radius 3 is 2.05 bits per heavy atom. The molecular weight excluding hydrogens is 566 g/mol. The number of nitrogens with zero attached hydrogens (tertiary/aromatic N) is 4. The number of aromatic nitrogens is 4. The first-order valence-corrected chi connectivity index (χ1v) is 12.1. The fourth-order valence-corrected chi connectivity index (χ4v) is 4.14. The largest absolute Gasteiger partial charge is 0.488 e. The van der Waals surface area contributed by atoms with Crippen molar-refractivity contribution >= 4 is 5.97 Å². The normalized spacial score (nSPS) is 11.9. The molecule has 7 nitrogen and oxygen atoms in total. The van der Waals surface area contributed by atoms with E-state index in [-0.39, 0.29) is 18.1 Å². The van der Waals surface area contributed by atoms with Crippen molar-refractivity contribution in [2.45, 2.75) is 19.0 Å². The molecule has 2 aromatic heterocycles. The first kappa shape index (κ1) is 28.3. The summed E-state index contributed by atoms with van der Waals surface area (Å²) in [7, 11) is 0. The van der Waals surface area contributed by atoms with E-state index in [0.29, 0.717) is 27.1 Å². The van der Waals surface area contributed by atoms with Gasteiger partial charge < -0.3 is 9.84 Å². The predicted molar refractivity (Wildman–Crippen MR) is 138 cm³/mol. The summed E-state index contributed by atoms with van der Waals surface area (Å²) >= 11 is 0. The zero-order valence-electron chi connectivity index (χ0n) is 21.2. The molecule has 0 aliphatic carbocycles. The molecule has 0 saturated carbocycles. The first-order valence-electron chi connectivity index (χ1n) is 12.1. The molecule has 42 heavy (non-hydrogen) atoms. The van der Waals surface area contributed by atoms with Crippen LogP contribution in [-0.4, -0.2) is 31.1 Å². The predicted octanol–water partition coefficient (Wildman–Crippen LogP) is 7.31. The SMILES string of the molecule is O=C(O)c1nnn(-c2cccc(-c3ccccc3OCc3ccc(-c4ccc(C(F)(F)F)cc4)cc3)n2)c1C(F)(F)F. The van der Waals surface area contributed by atoms with Gasteiger partial charge in [-0.1, -0.05) is 59.8 Å². The van der Waals surface area contributed by atoms with Crippen LogP contribution in [0.2, 0.25) is 0 Å². The molecule has 214 valence electrons. The summed E-state index contributed by atoms with van der Waals surface area (Å²) in [4.78, 5) is 15.5. The van der Waals surface area contributed by atoms with Gasteiger partial charge in [-0.15, -0.1) is 5.10 Å². The molecule has 0 atom stereocenters. The smallest absolute Gasteiger partial charge is 0.436 e. The maximum Gasteiger partial charge on any atom is 0.436 e. The van der Waals surface area contributed by atoms with E-state index < -0.39 is 35.3 Å². The third-order valence-corrected chi connectivity index (χ3v) is 6.15. The molecule has 0 radical (unpaired) electrons. The topological polar surface area (TPSA) is 90.1 Å². The Hall–Kier alpha value is -5.20. The Kier molecular flexibility index (Phi) is 7.42. The second-order valence-corrected chi connectivity index (χ2v) is 8.94. The van der Waals surface area contributed by atoms with E-state index in [9.17, 15) is 31.1 Å². The number of pyridine rings is 1. The highest BCUT2D eigenvalue weighted by Crippen LogP contribution is 2.34. The molecule has 0 bridgehead atoms. The molecule has 0 fully saturated rings. The molecule has 1 N–H and O–H groups in total. The van der Waals surface area contributed by atoms with Crippen molar-refractivity contribution in [2.24, 2.45) is 0 Å². The molecule has 0 unspecified atom stereocenters. The summed E-state index contributed by atoms with van der Waals surface area (Å²) in [6.45, 7) is 0.104. The first-order chi connectivity index (χ1) is 19.9. The molecule has 0 aliphatic heterocycles. The number of rotatable bonds is 7. The van der Waals surface area contributed by atoms with Crippen LogP contribution in [0.25, 0.3) is 28.2 Å². The van der Waals surface area contributed by atoms with Crippen molar-refractivity contribution in [3.63, 3.8) is 0 Å². The minimum Gasteiger partial charge on any atom is -0.488 e. The highest BCUT2D eigenvalue weighted by atomic mass is 19.4. The molecule has 2 heterocycles. The van der Waals surface area contributed by atoms with Crippen molar-refractivity contribution in [1.82, 2.24) is 20.0 Å². The van der Waals surface area contributed by atoms with Crippen LogP contribution in [0.4, 0.5) is 26.3 Å². The highest BCUT2D eigenvalue weighted by molar-refractivity contribution is 5.86. The lowest BCUT2D eigenvalue weighted by Crippen LogP contribution is -2.18. The maximum absolute atomic E-state index is 13.7. The standard InChI is InChI=1S/C29H18F6N4O3/c30-28(31,32)20-14-12-19(13-15-20)18-10-8-17(9-11-18)16-42-23-6-2-1-4-21(23)22-5-3-7-24(36-22)39-26(29(33,34)35)25(27(40)41)37-38-39/h1-15H,16H2,(H,40,41). The molecule has 13 heteroatoms. The quantitative estimate of drug-likeness (QED) is 0.202. The fourth-order valence-electron chi connectivity index (χ4n) is 4.14. The van der Waals surface area contributed by atoms with Crippen molar-refractivity contribution in [1.29, 1.82) is 0 Å². The monoisotopic (exact) mass is 584 g/mol. The van der Waals surface area contributed by atoms with Gasteiger partial charge in [0.1, 0.15) is 12.4 Å². The molecule has 5 rings (SSSR count). The molecule has 0 aliphatic rings. The average Bonchev–Trinajstić information content (AvgIpc) is 3.43. The summed E-state index contributed by atoms with van der Waals surface area (Å²) in [5.74, 6) is -1.81. The molecule has 5 aromatic rings. The molecule has 0 amide bonds. The van der Waals surface area contributed by atoms with Gasteiger partial charge in [0.05, 0.1) is 11.3 Å². The number of carbonyl (C=O) groups is 1. The number of carboxylic acid groups (broad SMARTS) is 1. The number of hydrogen-bond acceptors (Lipinski definition) is 5. The van der Waals surface area contributed by atoms with E-state index in [2.05, 4.69) is 15.3 Å². The van der Waals surface area contributed by atoms with Crippen LogP contribution in [0.15, 0.2) is 91.0 Å². The highest BCUT2D eigenvalue weighted by Gasteiger charge is 2.42. The number of halogens is 6. The summed E-state index contributed by atoms with van der Waals surface area (Å²) in [6, 6.07) is 22.8. The molecule has 0 saturated heterocycles. The lowest BCUT2D eigenvalue weighted by atomic mass is 10.0. The van der Waals surface area contributed by atoms with Gasteiger partial charge in [-0.2, -0.15) is 31.0 Å². The Labute approximate surface area is 233 Å². The minimum atomic E-state index is -5.06. The van der Waals surface area contributed by atoms with Gasteiger partial charge in [-0.25, -0.2) is 9.78 Å². The van der Waals surface area contributed by atoms with Crippen LogP contribution in [0.3, 0.4) is 0 Å². The fraction of sp³-hybridized carbons (Fsp3) is 0.103. The number of para-hydroxylation sites is 1. The summed E-state index contributed by atoms with van der Waals surface area (Å²) in [5, 5.41) is 15.7. The second-order valence-electron chi connectivity index (χ2n) is 8.94. The van der Waals surface area contributed by atoms with Crippen LogP contribution >= 0.6 is 0 Å². The minimum absolute atomic E-state index is 0.104. The van der Waals surface area contributed by atoms with Crippen molar-refractivity contribution in [3.8, 4) is 34.0 Å². The third kappa shape index (κ3) is 5.94. The van der Waals surface area contributed by atoms with Crippen LogP contribution < -0.4 is 4.74 Å². The van der Waals surface area contributed by atoms with Gasteiger partial charge in [0.2, 0.25) is 5.69 Å². The van der Waals surface area contributed by atoms with E-state index in [1.54, 1.807) is 54.6 Å². The third-order valence-electron chi connectivity index (χ3n) is 6.15. The lowest BCUT2D eigenvalue weighted by molar-refractivity contribution is -0.143. The van der Waals surface area contributed by atoms with Gasteiger partial charge in [0, 0.05) is 5.56 Å². The van der Waals surface area contributed by atoms with Crippen molar-refractivity contribution in [2.75, 3.05) is 0 Å². The number of benzene rings is 3. The van der Waals surface area contributed by atoms with E-state index >= 15 is 0 Å². The summed E-state index contributed by atoms with van der Waals surface area (Å²) in [5.41, 5.74) is -0.779. The zero-order chi connectivity index (χ0) is 30.1. The van der Waals surface area contributed by atoms with Crippen LogP contribution in [-0.2, 0) is 19.0 Å². The van der Waals surface area contributed by atoms with Gasteiger partial charge >= 0.3 is 18.3 Å². The van der Waals surface area contributed by atoms with E-state index in [1.807, 2.05) is 0 Å². The Morgan fingerprint density at radius 2 is 1.43 bits per heavy atom. The van der Waals surface area contributed by atoms with E-state index in [0.717, 1.165) is 17.7 Å². The Morgan fingerprint density at radius 1 is 0.786 bits per heavy atom. The van der Waals surface area contributed by atoms with E-state index in [4.69, 9.17) is 9.84 Å². The van der Waals surface area contributed by atoms with E-state index in [1.165, 1.54) is 24.3 Å². The number of ether oxygens (including phenoxy) is 1. The molecule has 3 aromatic carbocycles. The van der Waals surface area contributed by atoms with Gasteiger partial charge in [0.15, 0.2) is 11.5 Å². The van der Waals surface area contributed by atoms with Gasteiger partial charge in [-0.05, 0) is 53.1 Å². The second kappa shape index (κ2) is 11.0. The van der Waals surface area contributed by atoms with Crippen LogP contribution in [0.1, 0.15) is 27.3 Å². The van der Waals surface area contributed by atoms with Crippen molar-refractivity contribution in [3.05, 3.63) is 114 Å². The van der Waals surface area contributed by atoms with Crippen LogP contribution in [0.5, 0.6) is 5.75 Å². The molecular formula is C29H18F6N4O3. The number of hydrogen-bond donors (Lipinski definition) is 1. The van der Waals surface area contributed by atoms with Gasteiger partial charge in [-0.3, -0.25) is 0 Å². The lowest BCUT2D eigenvalue weighted by Gasteiger charge is -2.13.